The quantitative estimate of drug-likeness (QED) is 0.223. The Labute approximate surface area is 230 Å². The first-order chi connectivity index (χ1) is 18.3. The summed E-state index contributed by atoms with van der Waals surface area (Å²) in [6.45, 7) is 6.24. The molecule has 0 heterocycles. The fourth-order valence-corrected chi connectivity index (χ4v) is 5.24. The molecule has 0 bridgehead atoms. The molecule has 0 saturated carbocycles. The summed E-state index contributed by atoms with van der Waals surface area (Å²) in [5.74, 6) is 0.686. The maximum atomic E-state index is 12.0. The highest BCUT2D eigenvalue weighted by Crippen LogP contribution is 2.37. The van der Waals surface area contributed by atoms with Crippen LogP contribution in [0.4, 0.5) is 0 Å². The summed E-state index contributed by atoms with van der Waals surface area (Å²) in [7, 11) is -7.39. The van der Waals surface area contributed by atoms with Gasteiger partial charge in [-0.2, -0.15) is 16.8 Å². The molecule has 0 fully saturated rings. The van der Waals surface area contributed by atoms with Crippen LogP contribution in [0.1, 0.15) is 22.3 Å². The molecule has 39 heavy (non-hydrogen) atoms. The molecule has 0 spiro atoms. The molecule has 0 atom stereocenters. The van der Waals surface area contributed by atoms with Crippen molar-refractivity contribution in [2.24, 2.45) is 0 Å². The highest BCUT2D eigenvalue weighted by molar-refractivity contribution is 7.86. The maximum absolute atomic E-state index is 12.0. The second-order valence-electron chi connectivity index (χ2n) is 9.52. The van der Waals surface area contributed by atoms with E-state index < -0.39 is 20.2 Å². The fraction of sp³-hybridized carbons (Fsp3) is 0.200. The van der Waals surface area contributed by atoms with Gasteiger partial charge in [0.25, 0.3) is 0 Å². The fourth-order valence-electron chi connectivity index (χ4n) is 4.32. The predicted molar refractivity (Wildman–Crippen MR) is 153 cm³/mol. The molecule has 4 aromatic rings. The molecule has 0 aliphatic rings. The van der Waals surface area contributed by atoms with Crippen molar-refractivity contribution in [2.45, 2.75) is 27.4 Å². The standard InChI is InChI=1S/C30H30O7S2/c1-20-6-8-23(9-7-20)19-35-28-15-12-25(18-29(28)37-39(5,33)34)26-16-21(2)30(22(3)17-26)24-10-13-27(14-11-24)36-38(4,31)32/h6-18H,19H2,1-5H3. The van der Waals surface area contributed by atoms with E-state index in [1.54, 1.807) is 24.3 Å². The molecule has 0 aliphatic heterocycles. The minimum absolute atomic E-state index is 0.114. The topological polar surface area (TPSA) is 96.0 Å². The van der Waals surface area contributed by atoms with E-state index in [4.69, 9.17) is 13.1 Å². The van der Waals surface area contributed by atoms with E-state index in [0.717, 1.165) is 57.0 Å². The van der Waals surface area contributed by atoms with Crippen LogP contribution in [-0.4, -0.2) is 29.3 Å². The van der Waals surface area contributed by atoms with Gasteiger partial charge in [0, 0.05) is 0 Å². The first kappa shape index (κ1) is 28.2. The molecular weight excluding hydrogens is 536 g/mol. The minimum atomic E-state index is -3.79. The van der Waals surface area contributed by atoms with Gasteiger partial charge in [-0.05, 0) is 84.0 Å². The number of hydrogen-bond donors (Lipinski definition) is 0. The van der Waals surface area contributed by atoms with Crippen LogP contribution in [0.15, 0.2) is 78.9 Å². The molecule has 4 rings (SSSR count). The van der Waals surface area contributed by atoms with Gasteiger partial charge in [-0.15, -0.1) is 0 Å². The summed E-state index contributed by atoms with van der Waals surface area (Å²) in [5, 5.41) is 0. The summed E-state index contributed by atoms with van der Waals surface area (Å²) >= 11 is 0. The SMILES string of the molecule is Cc1ccc(COc2ccc(-c3cc(C)c(-c4ccc(OS(C)(=O)=O)cc4)c(C)c3)cc2OS(C)(=O)=O)cc1. The number of hydrogen-bond acceptors (Lipinski definition) is 7. The van der Waals surface area contributed by atoms with E-state index in [9.17, 15) is 16.8 Å². The summed E-state index contributed by atoms with van der Waals surface area (Å²) in [5.41, 5.74) is 7.65. The molecule has 0 saturated heterocycles. The Morgan fingerprint density at radius 2 is 1.15 bits per heavy atom. The first-order valence-corrected chi connectivity index (χ1v) is 15.7. The maximum Gasteiger partial charge on any atom is 0.306 e. The van der Waals surface area contributed by atoms with Gasteiger partial charge >= 0.3 is 20.2 Å². The Morgan fingerprint density at radius 3 is 1.72 bits per heavy atom. The van der Waals surface area contributed by atoms with E-state index in [1.807, 2.05) is 75.4 Å². The van der Waals surface area contributed by atoms with Crippen LogP contribution in [0.25, 0.3) is 22.3 Å². The molecule has 0 amide bonds. The predicted octanol–water partition coefficient (Wildman–Crippen LogP) is 6.20. The van der Waals surface area contributed by atoms with Crippen molar-refractivity contribution in [1.82, 2.24) is 0 Å². The molecule has 7 nitrogen and oxygen atoms in total. The third kappa shape index (κ3) is 7.61. The molecule has 0 N–H and O–H groups in total. The van der Waals surface area contributed by atoms with E-state index in [1.165, 1.54) is 0 Å². The van der Waals surface area contributed by atoms with Crippen LogP contribution in [0, 0.1) is 20.8 Å². The zero-order chi connectivity index (χ0) is 28.4. The van der Waals surface area contributed by atoms with Crippen LogP contribution in [-0.2, 0) is 26.8 Å². The van der Waals surface area contributed by atoms with E-state index in [0.29, 0.717) is 5.75 Å². The summed E-state index contributed by atoms with van der Waals surface area (Å²) in [6, 6.07) is 24.0. The van der Waals surface area contributed by atoms with Crippen LogP contribution < -0.4 is 13.1 Å². The van der Waals surface area contributed by atoms with Gasteiger partial charge in [-0.1, -0.05) is 60.2 Å². The van der Waals surface area contributed by atoms with Crippen molar-refractivity contribution in [3.05, 3.63) is 101 Å². The largest absolute Gasteiger partial charge is 0.485 e. The molecular formula is C30H30O7S2. The van der Waals surface area contributed by atoms with Gasteiger partial charge in [0.1, 0.15) is 12.4 Å². The summed E-state index contributed by atoms with van der Waals surface area (Å²) in [6.07, 6.45) is 2.00. The van der Waals surface area contributed by atoms with Crippen molar-refractivity contribution >= 4 is 20.2 Å². The summed E-state index contributed by atoms with van der Waals surface area (Å²) < 4.78 is 63.0. The number of rotatable bonds is 9. The van der Waals surface area contributed by atoms with Crippen molar-refractivity contribution in [2.75, 3.05) is 12.5 Å². The smallest absolute Gasteiger partial charge is 0.306 e. The van der Waals surface area contributed by atoms with Crippen molar-refractivity contribution in [1.29, 1.82) is 0 Å². The van der Waals surface area contributed by atoms with Crippen LogP contribution >= 0.6 is 0 Å². The Morgan fingerprint density at radius 1 is 0.590 bits per heavy atom. The van der Waals surface area contributed by atoms with Gasteiger partial charge in [0.2, 0.25) is 0 Å². The lowest BCUT2D eigenvalue weighted by Gasteiger charge is -2.16. The third-order valence-electron chi connectivity index (χ3n) is 5.96. The van der Waals surface area contributed by atoms with E-state index in [-0.39, 0.29) is 18.1 Å². The third-order valence-corrected chi connectivity index (χ3v) is 6.93. The van der Waals surface area contributed by atoms with E-state index >= 15 is 0 Å². The molecule has 4 aromatic carbocycles. The average Bonchev–Trinajstić information content (AvgIpc) is 2.83. The van der Waals surface area contributed by atoms with Crippen LogP contribution in [0.5, 0.6) is 17.2 Å². The lowest BCUT2D eigenvalue weighted by molar-refractivity contribution is 0.296. The lowest BCUT2D eigenvalue weighted by Crippen LogP contribution is -2.07. The van der Waals surface area contributed by atoms with Crippen molar-refractivity contribution < 1.29 is 29.9 Å². The monoisotopic (exact) mass is 566 g/mol. The zero-order valence-electron chi connectivity index (χ0n) is 22.4. The van der Waals surface area contributed by atoms with E-state index in [2.05, 4.69) is 0 Å². The van der Waals surface area contributed by atoms with Crippen LogP contribution in [0.3, 0.4) is 0 Å². The summed E-state index contributed by atoms with van der Waals surface area (Å²) in [4.78, 5) is 0. The van der Waals surface area contributed by atoms with Crippen LogP contribution in [0.2, 0.25) is 0 Å². The molecule has 9 heteroatoms. The Hall–Kier alpha value is -3.82. The molecule has 0 aromatic heterocycles. The average molecular weight is 567 g/mol. The van der Waals surface area contributed by atoms with Gasteiger partial charge in [0.15, 0.2) is 11.5 Å². The Kier molecular flexibility index (Phi) is 8.04. The molecule has 0 radical (unpaired) electrons. The number of benzene rings is 4. The molecule has 0 unspecified atom stereocenters. The lowest BCUT2D eigenvalue weighted by atomic mass is 9.91. The molecule has 204 valence electrons. The molecule has 0 aliphatic carbocycles. The second-order valence-corrected chi connectivity index (χ2v) is 12.7. The normalized spacial score (nSPS) is 11.7. The Balaban J connectivity index is 1.65. The van der Waals surface area contributed by atoms with Gasteiger partial charge < -0.3 is 13.1 Å². The van der Waals surface area contributed by atoms with Crippen molar-refractivity contribution in [3.63, 3.8) is 0 Å². The van der Waals surface area contributed by atoms with Gasteiger partial charge in [-0.25, -0.2) is 0 Å². The highest BCUT2D eigenvalue weighted by atomic mass is 32.2. The number of ether oxygens (including phenoxy) is 1. The number of aryl methyl sites for hydroxylation is 3. The highest BCUT2D eigenvalue weighted by Gasteiger charge is 2.16. The zero-order valence-corrected chi connectivity index (χ0v) is 24.0. The van der Waals surface area contributed by atoms with Gasteiger partial charge in [0.05, 0.1) is 12.5 Å². The first-order valence-electron chi connectivity index (χ1n) is 12.1. The van der Waals surface area contributed by atoms with Gasteiger partial charge in [-0.3, -0.25) is 0 Å². The minimum Gasteiger partial charge on any atom is -0.485 e. The second kappa shape index (κ2) is 11.1. The Bertz CT molecular complexity index is 1680. The van der Waals surface area contributed by atoms with Crippen molar-refractivity contribution in [3.8, 4) is 39.5 Å².